The summed E-state index contributed by atoms with van der Waals surface area (Å²) in [5.41, 5.74) is 5.28. The maximum absolute atomic E-state index is 3.61. The fourth-order valence-electron chi connectivity index (χ4n) is 4.97. The van der Waals surface area contributed by atoms with Crippen LogP contribution in [0.15, 0.2) is 48.5 Å². The van der Waals surface area contributed by atoms with Crippen molar-refractivity contribution in [3.8, 4) is 11.1 Å². The Morgan fingerprint density at radius 3 is 0.972 bits per heavy atom. The van der Waals surface area contributed by atoms with E-state index in [9.17, 15) is 0 Å². The molecule has 2 saturated heterocycles. The van der Waals surface area contributed by atoms with E-state index in [1.54, 1.807) is 0 Å². The second-order valence-corrected chi connectivity index (χ2v) is 9.51. The third kappa shape index (κ3) is 8.44. The molecule has 2 aliphatic heterocycles. The number of nitrogens with one attached hydrogen (secondary N) is 6. The third-order valence-corrected chi connectivity index (χ3v) is 6.93. The topological polar surface area (TPSA) is 78.7 Å². The summed E-state index contributed by atoms with van der Waals surface area (Å²) in [6.07, 6.45) is 0. The third-order valence-electron chi connectivity index (χ3n) is 6.93. The van der Waals surface area contributed by atoms with Crippen molar-refractivity contribution in [2.45, 2.75) is 0 Å². The Labute approximate surface area is 217 Å². The second-order valence-electron chi connectivity index (χ2n) is 9.51. The van der Waals surface area contributed by atoms with Crippen molar-refractivity contribution >= 4 is 11.4 Å². The zero-order valence-electron chi connectivity index (χ0n) is 21.8. The first-order chi connectivity index (χ1) is 17.9. The zero-order valence-corrected chi connectivity index (χ0v) is 21.8. The molecule has 8 nitrogen and oxygen atoms in total. The normalized spacial score (nSPS) is 20.4. The van der Waals surface area contributed by atoms with Crippen LogP contribution >= 0.6 is 0 Å². The molecule has 0 bridgehead atoms. The minimum absolute atomic E-state index is 0.982. The summed E-state index contributed by atoms with van der Waals surface area (Å²) in [6, 6.07) is 17.9. The molecule has 2 aromatic carbocycles. The summed E-state index contributed by atoms with van der Waals surface area (Å²) >= 11 is 0. The van der Waals surface area contributed by atoms with Crippen LogP contribution in [0.4, 0.5) is 11.4 Å². The van der Waals surface area contributed by atoms with E-state index < -0.39 is 0 Å². The van der Waals surface area contributed by atoms with E-state index >= 15 is 0 Å². The van der Waals surface area contributed by atoms with Crippen LogP contribution in [-0.4, -0.2) is 105 Å². The molecule has 0 aromatic heterocycles. The average molecular weight is 495 g/mol. The Balaban J connectivity index is 1.58. The van der Waals surface area contributed by atoms with E-state index in [0.717, 1.165) is 105 Å². The lowest BCUT2D eigenvalue weighted by atomic mass is 10.00. The lowest BCUT2D eigenvalue weighted by Gasteiger charge is -2.31. The molecular formula is C28H46N8. The standard InChI is InChI=1S/C28H46N8/c1-3-7-27(35-21-17-31-13-9-29-10-14-32-18-22-35)25(5-1)26-6-2-4-8-28(26)36-23-19-33-15-11-30-12-16-34-20-24-36/h1-8,29-34H,9-24H2. The van der Waals surface area contributed by atoms with E-state index in [2.05, 4.69) is 90.2 Å². The van der Waals surface area contributed by atoms with E-state index in [-0.39, 0.29) is 0 Å². The molecule has 2 aromatic rings. The summed E-state index contributed by atoms with van der Waals surface area (Å²) in [5.74, 6) is 0. The average Bonchev–Trinajstić information content (AvgIpc) is 2.90. The number of rotatable bonds is 3. The predicted molar refractivity (Wildman–Crippen MR) is 154 cm³/mol. The number of nitrogens with zero attached hydrogens (tertiary/aromatic N) is 2. The molecule has 0 saturated carbocycles. The van der Waals surface area contributed by atoms with Crippen LogP contribution in [0, 0.1) is 0 Å². The molecule has 2 fully saturated rings. The molecule has 2 aliphatic rings. The first kappa shape index (κ1) is 26.9. The molecule has 198 valence electrons. The van der Waals surface area contributed by atoms with Crippen LogP contribution in [0.5, 0.6) is 0 Å². The van der Waals surface area contributed by atoms with Gasteiger partial charge in [0.2, 0.25) is 0 Å². The monoisotopic (exact) mass is 494 g/mol. The molecule has 36 heavy (non-hydrogen) atoms. The lowest BCUT2D eigenvalue weighted by molar-refractivity contribution is 0.557. The maximum Gasteiger partial charge on any atom is 0.0447 e. The van der Waals surface area contributed by atoms with Gasteiger partial charge in [-0.1, -0.05) is 36.4 Å². The van der Waals surface area contributed by atoms with Gasteiger partial charge in [0, 0.05) is 127 Å². The molecule has 8 heteroatoms. The van der Waals surface area contributed by atoms with Crippen molar-refractivity contribution in [3.63, 3.8) is 0 Å². The SMILES string of the molecule is c1ccc(N2CCNCCNCCNCC2)c(-c2ccccc2N2CCNCCNCCNCC2)c1. The molecule has 0 unspecified atom stereocenters. The van der Waals surface area contributed by atoms with Gasteiger partial charge < -0.3 is 41.7 Å². The van der Waals surface area contributed by atoms with Gasteiger partial charge in [-0.25, -0.2) is 0 Å². The van der Waals surface area contributed by atoms with Crippen molar-refractivity contribution in [3.05, 3.63) is 48.5 Å². The number of anilines is 2. The van der Waals surface area contributed by atoms with Gasteiger partial charge in [0.25, 0.3) is 0 Å². The number of para-hydroxylation sites is 2. The minimum atomic E-state index is 0.982. The molecule has 6 N–H and O–H groups in total. The lowest BCUT2D eigenvalue weighted by Crippen LogP contribution is -2.42. The van der Waals surface area contributed by atoms with E-state index in [1.807, 2.05) is 0 Å². The molecule has 0 spiro atoms. The molecule has 0 amide bonds. The van der Waals surface area contributed by atoms with Crippen LogP contribution in [0.1, 0.15) is 0 Å². The highest BCUT2D eigenvalue weighted by molar-refractivity contribution is 5.87. The second kappa shape index (κ2) is 15.8. The molecule has 2 heterocycles. The van der Waals surface area contributed by atoms with Crippen LogP contribution in [0.2, 0.25) is 0 Å². The first-order valence-corrected chi connectivity index (χ1v) is 13.9. The van der Waals surface area contributed by atoms with Gasteiger partial charge >= 0.3 is 0 Å². The fourth-order valence-corrected chi connectivity index (χ4v) is 4.97. The molecule has 0 radical (unpaired) electrons. The number of benzene rings is 2. The van der Waals surface area contributed by atoms with Crippen molar-refractivity contribution < 1.29 is 0 Å². The number of hydrogen-bond acceptors (Lipinski definition) is 8. The van der Waals surface area contributed by atoms with E-state index in [1.165, 1.54) is 22.5 Å². The minimum Gasteiger partial charge on any atom is -0.368 e. The molecule has 0 aliphatic carbocycles. The Hall–Kier alpha value is -2.20. The van der Waals surface area contributed by atoms with E-state index in [0.29, 0.717) is 0 Å². The van der Waals surface area contributed by atoms with Gasteiger partial charge in [-0.2, -0.15) is 0 Å². The van der Waals surface area contributed by atoms with E-state index in [4.69, 9.17) is 0 Å². The van der Waals surface area contributed by atoms with Crippen molar-refractivity contribution in [1.29, 1.82) is 0 Å². The largest absolute Gasteiger partial charge is 0.368 e. The summed E-state index contributed by atoms with van der Waals surface area (Å²) in [4.78, 5) is 5.10. The smallest absolute Gasteiger partial charge is 0.0447 e. The highest BCUT2D eigenvalue weighted by Gasteiger charge is 2.18. The van der Waals surface area contributed by atoms with Crippen molar-refractivity contribution in [2.24, 2.45) is 0 Å². The van der Waals surface area contributed by atoms with Gasteiger partial charge in [0.15, 0.2) is 0 Å². The summed E-state index contributed by atoms with van der Waals surface area (Å²) < 4.78 is 0. The van der Waals surface area contributed by atoms with Gasteiger partial charge in [0.1, 0.15) is 0 Å². The Morgan fingerprint density at radius 2 is 0.639 bits per heavy atom. The van der Waals surface area contributed by atoms with Crippen LogP contribution in [0.3, 0.4) is 0 Å². The van der Waals surface area contributed by atoms with Crippen molar-refractivity contribution in [1.82, 2.24) is 31.9 Å². The highest BCUT2D eigenvalue weighted by Crippen LogP contribution is 2.37. The molecule has 0 atom stereocenters. The predicted octanol–water partition coefficient (Wildman–Crippen LogP) is 0.531. The maximum atomic E-state index is 3.61. The fraction of sp³-hybridized carbons (Fsp3) is 0.571. The van der Waals surface area contributed by atoms with Gasteiger partial charge in [-0.15, -0.1) is 0 Å². The van der Waals surface area contributed by atoms with Crippen LogP contribution in [-0.2, 0) is 0 Å². The highest BCUT2D eigenvalue weighted by atomic mass is 15.2. The quantitative estimate of drug-likeness (QED) is 0.369. The summed E-state index contributed by atoms with van der Waals surface area (Å²) in [6.45, 7) is 16.0. The first-order valence-electron chi connectivity index (χ1n) is 13.9. The number of hydrogen-bond donors (Lipinski definition) is 6. The molecule has 4 rings (SSSR count). The summed E-state index contributed by atoms with van der Waals surface area (Å²) in [7, 11) is 0. The zero-order chi connectivity index (χ0) is 24.7. The van der Waals surface area contributed by atoms with Crippen LogP contribution in [0.25, 0.3) is 11.1 Å². The van der Waals surface area contributed by atoms with Crippen molar-refractivity contribution in [2.75, 3.05) is 115 Å². The van der Waals surface area contributed by atoms with Gasteiger partial charge in [-0.05, 0) is 12.1 Å². The van der Waals surface area contributed by atoms with Crippen LogP contribution < -0.4 is 41.7 Å². The van der Waals surface area contributed by atoms with Gasteiger partial charge in [0.05, 0.1) is 0 Å². The summed E-state index contributed by atoms with van der Waals surface area (Å²) in [5, 5.41) is 21.4. The Morgan fingerprint density at radius 1 is 0.361 bits per heavy atom. The Bertz CT molecular complexity index is 781. The van der Waals surface area contributed by atoms with Gasteiger partial charge in [-0.3, -0.25) is 0 Å². The Kier molecular flexibility index (Phi) is 11.8. The molecular weight excluding hydrogens is 448 g/mol.